The van der Waals surface area contributed by atoms with E-state index in [0.717, 1.165) is 25.4 Å². The van der Waals surface area contributed by atoms with Gasteiger partial charge in [0.2, 0.25) is 0 Å². The Labute approximate surface area is 120 Å². The van der Waals surface area contributed by atoms with Crippen molar-refractivity contribution in [2.45, 2.75) is 67.4 Å². The van der Waals surface area contributed by atoms with Crippen molar-refractivity contribution < 1.29 is 5.11 Å². The molecule has 2 aliphatic rings. The van der Waals surface area contributed by atoms with E-state index < -0.39 is 0 Å². The van der Waals surface area contributed by atoms with E-state index in [0.29, 0.717) is 5.25 Å². The van der Waals surface area contributed by atoms with Gasteiger partial charge in [0.15, 0.2) is 0 Å². The Balaban J connectivity index is 1.58. The molecule has 0 aliphatic heterocycles. The van der Waals surface area contributed by atoms with Crippen LogP contribution in [0.4, 0.5) is 0 Å². The third-order valence-electron chi connectivity index (χ3n) is 4.03. The molecule has 0 saturated heterocycles. The lowest BCUT2D eigenvalue weighted by molar-refractivity contribution is 0.137. The molecule has 0 heterocycles. The molecule has 0 amide bonds. The van der Waals surface area contributed by atoms with Crippen LogP contribution in [0.3, 0.4) is 0 Å². The van der Waals surface area contributed by atoms with Crippen LogP contribution in [0.1, 0.15) is 44.1 Å². The first kappa shape index (κ1) is 13.5. The van der Waals surface area contributed by atoms with Crippen LogP contribution in [0, 0.1) is 0 Å². The summed E-state index contributed by atoms with van der Waals surface area (Å²) in [6.45, 7) is 0.978. The van der Waals surface area contributed by atoms with Crippen molar-refractivity contribution >= 4 is 11.8 Å². The maximum atomic E-state index is 10.1. The summed E-state index contributed by atoms with van der Waals surface area (Å²) in [6, 6.07) is 9.54. The molecule has 2 fully saturated rings. The Hall–Kier alpha value is -0.510. The van der Waals surface area contributed by atoms with Crippen molar-refractivity contribution in [3.8, 4) is 0 Å². The van der Waals surface area contributed by atoms with Crippen molar-refractivity contribution in [3.05, 3.63) is 29.8 Å². The molecule has 2 unspecified atom stereocenters. The van der Waals surface area contributed by atoms with Crippen LogP contribution in [-0.4, -0.2) is 22.5 Å². The normalized spacial score (nSPS) is 27.4. The fourth-order valence-corrected chi connectivity index (χ4v) is 3.97. The summed E-state index contributed by atoms with van der Waals surface area (Å²) in [5, 5.41) is 14.0. The van der Waals surface area contributed by atoms with Gasteiger partial charge in [-0.15, -0.1) is 11.8 Å². The van der Waals surface area contributed by atoms with Crippen LogP contribution < -0.4 is 5.32 Å². The maximum Gasteiger partial charge on any atom is 0.0662 e. The Bertz CT molecular complexity index is 419. The van der Waals surface area contributed by atoms with Crippen molar-refractivity contribution in [3.63, 3.8) is 0 Å². The lowest BCUT2D eigenvalue weighted by Gasteiger charge is -2.27. The fourth-order valence-electron chi connectivity index (χ4n) is 2.67. The number of hydrogen-bond acceptors (Lipinski definition) is 3. The number of aliphatic hydroxyl groups excluding tert-OH is 1. The molecule has 1 aromatic carbocycles. The zero-order valence-electron chi connectivity index (χ0n) is 11.3. The highest BCUT2D eigenvalue weighted by Gasteiger charge is 2.24. The largest absolute Gasteiger partial charge is 0.392 e. The van der Waals surface area contributed by atoms with Crippen LogP contribution >= 0.6 is 11.8 Å². The molecule has 3 heteroatoms. The van der Waals surface area contributed by atoms with Gasteiger partial charge in [-0.2, -0.15) is 0 Å². The molecule has 2 nitrogen and oxygen atoms in total. The Morgan fingerprint density at radius 2 is 2.00 bits per heavy atom. The smallest absolute Gasteiger partial charge is 0.0662 e. The predicted molar refractivity (Wildman–Crippen MR) is 80.4 cm³/mol. The monoisotopic (exact) mass is 277 g/mol. The highest BCUT2D eigenvalue weighted by molar-refractivity contribution is 8.00. The number of thioether (sulfide) groups is 1. The van der Waals surface area contributed by atoms with Crippen molar-refractivity contribution in [2.24, 2.45) is 0 Å². The van der Waals surface area contributed by atoms with Gasteiger partial charge in [0.1, 0.15) is 0 Å². The highest BCUT2D eigenvalue weighted by atomic mass is 32.2. The summed E-state index contributed by atoms with van der Waals surface area (Å²) < 4.78 is 0. The quantitative estimate of drug-likeness (QED) is 0.866. The van der Waals surface area contributed by atoms with E-state index >= 15 is 0 Å². The lowest BCUT2D eigenvalue weighted by Crippen LogP contribution is -2.26. The summed E-state index contributed by atoms with van der Waals surface area (Å²) in [4.78, 5) is 1.31. The second kappa shape index (κ2) is 6.29. The molecule has 0 bridgehead atoms. The number of rotatable bonds is 5. The Morgan fingerprint density at radius 1 is 1.16 bits per heavy atom. The predicted octanol–water partition coefficient (Wildman–Crippen LogP) is 3.33. The zero-order valence-corrected chi connectivity index (χ0v) is 12.2. The fraction of sp³-hybridized carbons (Fsp3) is 0.625. The van der Waals surface area contributed by atoms with E-state index in [1.54, 1.807) is 0 Å². The minimum atomic E-state index is -0.119. The summed E-state index contributed by atoms with van der Waals surface area (Å²) in [6.07, 6.45) is 7.12. The van der Waals surface area contributed by atoms with E-state index in [1.165, 1.54) is 36.1 Å². The van der Waals surface area contributed by atoms with Gasteiger partial charge < -0.3 is 10.4 Å². The molecule has 0 aromatic heterocycles. The summed E-state index contributed by atoms with van der Waals surface area (Å²) in [7, 11) is 0. The Kier molecular flexibility index (Phi) is 4.46. The van der Waals surface area contributed by atoms with Gasteiger partial charge in [0.05, 0.1) is 6.10 Å². The first-order valence-electron chi connectivity index (χ1n) is 7.48. The first-order valence-corrected chi connectivity index (χ1v) is 8.36. The first-order chi connectivity index (χ1) is 9.31. The molecule has 104 valence electrons. The number of aliphatic hydroxyl groups is 1. The average molecular weight is 277 g/mol. The Morgan fingerprint density at radius 3 is 2.79 bits per heavy atom. The van der Waals surface area contributed by atoms with Crippen LogP contribution in [0.25, 0.3) is 0 Å². The molecule has 0 spiro atoms. The summed E-state index contributed by atoms with van der Waals surface area (Å²) in [5.41, 5.74) is 1.36. The zero-order chi connectivity index (χ0) is 13.1. The van der Waals surface area contributed by atoms with E-state index in [-0.39, 0.29) is 6.10 Å². The van der Waals surface area contributed by atoms with Crippen molar-refractivity contribution in [2.75, 3.05) is 0 Å². The second-order valence-corrected chi connectivity index (χ2v) is 7.12. The SMILES string of the molecule is OC1CCCCC1Sc1cccc(CNC2CC2)c1. The molecule has 2 atom stereocenters. The summed E-state index contributed by atoms with van der Waals surface area (Å²) in [5.74, 6) is 0. The standard InChI is InChI=1S/C16H23NOS/c18-15-6-1-2-7-16(15)19-14-5-3-4-12(10-14)11-17-13-8-9-13/h3-5,10,13,15-18H,1-2,6-9,11H2. The van der Waals surface area contributed by atoms with E-state index in [2.05, 4.69) is 29.6 Å². The van der Waals surface area contributed by atoms with Crippen LogP contribution in [0.5, 0.6) is 0 Å². The third-order valence-corrected chi connectivity index (χ3v) is 5.40. The van der Waals surface area contributed by atoms with Crippen LogP contribution in [0.2, 0.25) is 0 Å². The minimum Gasteiger partial charge on any atom is -0.392 e. The second-order valence-electron chi connectivity index (χ2n) is 5.81. The third kappa shape index (κ3) is 3.98. The van der Waals surface area contributed by atoms with Crippen LogP contribution in [-0.2, 0) is 6.54 Å². The maximum absolute atomic E-state index is 10.1. The minimum absolute atomic E-state index is 0.119. The van der Waals surface area contributed by atoms with Gasteiger partial charge in [-0.05, 0) is 43.4 Å². The van der Waals surface area contributed by atoms with Crippen LogP contribution in [0.15, 0.2) is 29.2 Å². The highest BCUT2D eigenvalue weighted by Crippen LogP contribution is 2.34. The molecule has 3 rings (SSSR count). The number of benzene rings is 1. The van der Waals surface area contributed by atoms with E-state index in [1.807, 2.05) is 11.8 Å². The molecule has 0 radical (unpaired) electrons. The number of hydrogen-bond donors (Lipinski definition) is 2. The van der Waals surface area contributed by atoms with Crippen molar-refractivity contribution in [1.29, 1.82) is 0 Å². The molecule has 1 aromatic rings. The van der Waals surface area contributed by atoms with Gasteiger partial charge in [-0.25, -0.2) is 0 Å². The van der Waals surface area contributed by atoms with Crippen molar-refractivity contribution in [1.82, 2.24) is 5.32 Å². The summed E-state index contributed by atoms with van der Waals surface area (Å²) >= 11 is 1.86. The van der Waals surface area contributed by atoms with Gasteiger partial charge >= 0.3 is 0 Å². The van der Waals surface area contributed by atoms with Gasteiger partial charge in [-0.1, -0.05) is 25.0 Å². The lowest BCUT2D eigenvalue weighted by atomic mass is 9.97. The van der Waals surface area contributed by atoms with Gasteiger partial charge in [-0.3, -0.25) is 0 Å². The molecular weight excluding hydrogens is 254 g/mol. The molecule has 2 saturated carbocycles. The molecule has 2 N–H and O–H groups in total. The van der Waals surface area contributed by atoms with Gasteiger partial charge in [0.25, 0.3) is 0 Å². The molecule has 19 heavy (non-hydrogen) atoms. The topological polar surface area (TPSA) is 32.3 Å². The molecule has 2 aliphatic carbocycles. The average Bonchev–Trinajstić information content (AvgIpc) is 3.24. The van der Waals surface area contributed by atoms with E-state index in [4.69, 9.17) is 0 Å². The van der Waals surface area contributed by atoms with Gasteiger partial charge in [0, 0.05) is 22.7 Å². The molecular formula is C16H23NOS. The number of nitrogens with one attached hydrogen (secondary N) is 1. The van der Waals surface area contributed by atoms with E-state index in [9.17, 15) is 5.11 Å².